The highest BCUT2D eigenvalue weighted by molar-refractivity contribution is 7.21. The largest absolute Gasteiger partial charge is 0.480 e. The number of aliphatic carboxylic acids is 2. The number of hydrogen-bond acceptors (Lipinski definition) is 7. The standard InChI is InChI=1S/C23H16F3N3O5S2/c24-23(25,26)12-3-1-4-13(9-12)27-21(34)20-19(29(10-17(30)31)11-18(32)33)14-6-7-15(28-22(14)36-20)16-5-2-8-35-16/h1-9H,10-11H2,(H,27,34)(H,30,31)(H,32,33). The van der Waals surface area contributed by atoms with E-state index < -0.39 is 42.7 Å². The number of carbonyl (C=O) groups excluding carboxylic acids is 1. The van der Waals surface area contributed by atoms with Crippen LogP contribution in [-0.2, 0) is 15.8 Å². The van der Waals surface area contributed by atoms with Gasteiger partial charge in [0, 0.05) is 11.1 Å². The molecule has 0 saturated heterocycles. The Morgan fingerprint density at radius 3 is 2.33 bits per heavy atom. The van der Waals surface area contributed by atoms with Gasteiger partial charge in [-0.15, -0.1) is 22.7 Å². The van der Waals surface area contributed by atoms with E-state index in [9.17, 15) is 37.8 Å². The number of rotatable bonds is 8. The molecule has 0 aliphatic carbocycles. The van der Waals surface area contributed by atoms with Crippen LogP contribution in [-0.4, -0.2) is 46.1 Å². The zero-order chi connectivity index (χ0) is 26.0. The summed E-state index contributed by atoms with van der Waals surface area (Å²) in [6.07, 6.45) is -4.62. The summed E-state index contributed by atoms with van der Waals surface area (Å²) in [6.45, 7) is -1.46. The second-order valence-electron chi connectivity index (χ2n) is 7.48. The molecule has 0 aliphatic heterocycles. The summed E-state index contributed by atoms with van der Waals surface area (Å²) in [7, 11) is 0. The van der Waals surface area contributed by atoms with Crippen molar-refractivity contribution in [1.82, 2.24) is 4.98 Å². The first-order valence-electron chi connectivity index (χ1n) is 10.2. The number of nitrogens with zero attached hydrogens (tertiary/aromatic N) is 2. The Morgan fingerprint density at radius 2 is 1.72 bits per heavy atom. The second-order valence-corrected chi connectivity index (χ2v) is 9.43. The van der Waals surface area contributed by atoms with Crippen LogP contribution in [0.3, 0.4) is 0 Å². The Hall–Kier alpha value is -3.97. The lowest BCUT2D eigenvalue weighted by Crippen LogP contribution is -2.35. The number of carbonyl (C=O) groups is 3. The average Bonchev–Trinajstić information content (AvgIpc) is 3.45. The molecule has 3 heterocycles. The molecule has 1 amide bonds. The molecule has 1 aromatic carbocycles. The first kappa shape index (κ1) is 25.1. The summed E-state index contributed by atoms with van der Waals surface area (Å²) in [4.78, 5) is 42.9. The molecule has 13 heteroatoms. The minimum atomic E-state index is -4.62. The SMILES string of the molecule is O=C(O)CN(CC(=O)O)c1c(C(=O)Nc2cccc(C(F)(F)F)c2)sc2nc(-c3cccs3)ccc12. The Morgan fingerprint density at radius 1 is 1.00 bits per heavy atom. The summed E-state index contributed by atoms with van der Waals surface area (Å²) in [5.74, 6) is -3.49. The normalized spacial score (nSPS) is 11.4. The smallest absolute Gasteiger partial charge is 0.416 e. The predicted octanol–water partition coefficient (Wildman–Crippen LogP) is 5.27. The van der Waals surface area contributed by atoms with Gasteiger partial charge in [0.05, 0.1) is 21.8 Å². The molecular formula is C23H16F3N3O5S2. The molecule has 0 spiro atoms. The maximum atomic E-state index is 13.2. The highest BCUT2D eigenvalue weighted by atomic mass is 32.1. The van der Waals surface area contributed by atoms with E-state index in [4.69, 9.17) is 0 Å². The van der Waals surface area contributed by atoms with Crippen LogP contribution in [0.1, 0.15) is 15.2 Å². The Bertz CT molecular complexity index is 1440. The van der Waals surface area contributed by atoms with Gasteiger partial charge in [0.1, 0.15) is 22.8 Å². The number of hydrogen-bond donors (Lipinski definition) is 3. The van der Waals surface area contributed by atoms with Crippen molar-refractivity contribution in [2.75, 3.05) is 23.3 Å². The van der Waals surface area contributed by atoms with Crippen molar-refractivity contribution in [3.05, 3.63) is 64.4 Å². The number of nitrogens with one attached hydrogen (secondary N) is 1. The molecule has 4 aromatic rings. The summed E-state index contributed by atoms with van der Waals surface area (Å²) < 4.78 is 39.3. The first-order chi connectivity index (χ1) is 17.0. The third-order valence-electron chi connectivity index (χ3n) is 4.93. The van der Waals surface area contributed by atoms with Crippen LogP contribution >= 0.6 is 22.7 Å². The number of carboxylic acids is 2. The molecule has 4 rings (SSSR count). The Kier molecular flexibility index (Phi) is 6.95. The molecule has 3 N–H and O–H groups in total. The van der Waals surface area contributed by atoms with Crippen LogP contribution in [0, 0.1) is 0 Å². The second kappa shape index (κ2) is 9.95. The fraction of sp³-hybridized carbons (Fsp3) is 0.130. The number of fused-ring (bicyclic) bond motifs is 1. The number of benzene rings is 1. The van der Waals surface area contributed by atoms with Gasteiger partial charge in [-0.25, -0.2) is 4.98 Å². The number of alkyl halides is 3. The number of halogens is 3. The predicted molar refractivity (Wildman–Crippen MR) is 130 cm³/mol. The van der Waals surface area contributed by atoms with Crippen molar-refractivity contribution in [2.45, 2.75) is 6.18 Å². The fourth-order valence-electron chi connectivity index (χ4n) is 3.50. The minimum Gasteiger partial charge on any atom is -0.480 e. The van der Waals surface area contributed by atoms with E-state index in [1.165, 1.54) is 17.4 Å². The van der Waals surface area contributed by atoms with Crippen LogP contribution in [0.5, 0.6) is 0 Å². The molecule has 0 unspecified atom stereocenters. The van der Waals surface area contributed by atoms with Crippen molar-refractivity contribution in [3.8, 4) is 10.6 Å². The molecule has 36 heavy (non-hydrogen) atoms. The number of carboxylic acid groups (broad SMARTS) is 2. The average molecular weight is 536 g/mol. The highest BCUT2D eigenvalue weighted by Crippen LogP contribution is 2.40. The van der Waals surface area contributed by atoms with Crippen molar-refractivity contribution in [2.24, 2.45) is 0 Å². The van der Waals surface area contributed by atoms with Crippen molar-refractivity contribution < 1.29 is 37.8 Å². The van der Waals surface area contributed by atoms with E-state index in [0.29, 0.717) is 15.9 Å². The Balaban J connectivity index is 1.82. The van der Waals surface area contributed by atoms with E-state index in [2.05, 4.69) is 10.3 Å². The maximum Gasteiger partial charge on any atom is 0.416 e. The van der Waals surface area contributed by atoms with Gasteiger partial charge in [-0.2, -0.15) is 13.2 Å². The summed E-state index contributed by atoms with van der Waals surface area (Å²) in [5.41, 5.74) is -0.473. The van der Waals surface area contributed by atoms with E-state index in [0.717, 1.165) is 39.3 Å². The van der Waals surface area contributed by atoms with E-state index in [1.54, 1.807) is 12.1 Å². The van der Waals surface area contributed by atoms with Gasteiger partial charge < -0.3 is 20.4 Å². The Labute approximate surface area is 209 Å². The number of thiophene rings is 2. The van der Waals surface area contributed by atoms with E-state index in [1.807, 2.05) is 17.5 Å². The summed E-state index contributed by atoms with van der Waals surface area (Å²) in [6, 6.07) is 11.0. The van der Waals surface area contributed by atoms with Crippen molar-refractivity contribution in [3.63, 3.8) is 0 Å². The lowest BCUT2D eigenvalue weighted by Gasteiger charge is -2.21. The molecule has 0 aliphatic rings. The van der Waals surface area contributed by atoms with Crippen LogP contribution in [0.4, 0.5) is 24.5 Å². The van der Waals surface area contributed by atoms with Crippen LogP contribution in [0.25, 0.3) is 20.8 Å². The van der Waals surface area contributed by atoms with Gasteiger partial charge in [0.15, 0.2) is 0 Å². The monoisotopic (exact) mass is 535 g/mol. The zero-order valence-electron chi connectivity index (χ0n) is 18.1. The molecule has 3 aromatic heterocycles. The number of pyridine rings is 1. The van der Waals surface area contributed by atoms with Gasteiger partial charge in [0.2, 0.25) is 0 Å². The first-order valence-corrected chi connectivity index (χ1v) is 11.9. The van der Waals surface area contributed by atoms with Gasteiger partial charge >= 0.3 is 18.1 Å². The molecule has 0 atom stereocenters. The maximum absolute atomic E-state index is 13.2. The number of amides is 1. The van der Waals surface area contributed by atoms with Crippen LogP contribution in [0.2, 0.25) is 0 Å². The summed E-state index contributed by atoms with van der Waals surface area (Å²) in [5, 5.41) is 23.3. The van der Waals surface area contributed by atoms with Gasteiger partial charge in [-0.1, -0.05) is 12.1 Å². The van der Waals surface area contributed by atoms with Crippen molar-refractivity contribution in [1.29, 1.82) is 0 Å². The third kappa shape index (κ3) is 5.47. The zero-order valence-corrected chi connectivity index (χ0v) is 19.7. The molecule has 0 saturated carbocycles. The van der Waals surface area contributed by atoms with E-state index in [-0.39, 0.29) is 16.3 Å². The number of anilines is 2. The molecule has 8 nitrogen and oxygen atoms in total. The molecule has 186 valence electrons. The van der Waals surface area contributed by atoms with Gasteiger partial charge in [-0.3, -0.25) is 14.4 Å². The lowest BCUT2D eigenvalue weighted by atomic mass is 10.1. The number of aromatic nitrogens is 1. The highest BCUT2D eigenvalue weighted by Gasteiger charge is 2.31. The van der Waals surface area contributed by atoms with Crippen LogP contribution < -0.4 is 10.2 Å². The molecule has 0 radical (unpaired) electrons. The van der Waals surface area contributed by atoms with Gasteiger partial charge in [0.25, 0.3) is 5.91 Å². The van der Waals surface area contributed by atoms with Gasteiger partial charge in [-0.05, 0) is 41.8 Å². The molecule has 0 bridgehead atoms. The van der Waals surface area contributed by atoms with Crippen molar-refractivity contribution >= 4 is 62.1 Å². The summed E-state index contributed by atoms with van der Waals surface area (Å²) >= 11 is 2.32. The third-order valence-corrected chi connectivity index (χ3v) is 6.91. The van der Waals surface area contributed by atoms with E-state index >= 15 is 0 Å². The van der Waals surface area contributed by atoms with Crippen LogP contribution in [0.15, 0.2) is 53.9 Å². The lowest BCUT2D eigenvalue weighted by molar-refractivity contribution is -0.138. The minimum absolute atomic E-state index is 0.0227. The quantitative estimate of drug-likeness (QED) is 0.281. The topological polar surface area (TPSA) is 120 Å². The molecule has 0 fully saturated rings. The molecular weight excluding hydrogens is 519 g/mol. The fourth-order valence-corrected chi connectivity index (χ4v) is 5.28.